The summed E-state index contributed by atoms with van der Waals surface area (Å²) in [5, 5.41) is 40.7. The van der Waals surface area contributed by atoms with Gasteiger partial charge in [-0.3, -0.25) is 14.4 Å². The fourth-order valence-corrected chi connectivity index (χ4v) is 11.4. The van der Waals surface area contributed by atoms with Crippen LogP contribution in [0.25, 0.3) is 0 Å². The highest BCUT2D eigenvalue weighted by Crippen LogP contribution is 2.65. The highest BCUT2D eigenvalue weighted by Gasteiger charge is 2.79. The molecule has 1 aliphatic heterocycles. The topological polar surface area (TPSA) is 249 Å². The van der Waals surface area contributed by atoms with Crippen LogP contribution in [0.15, 0.2) is 41.2 Å². The van der Waals surface area contributed by atoms with Crippen molar-refractivity contribution in [2.75, 3.05) is 32.8 Å². The maximum absolute atomic E-state index is 15.7. The van der Waals surface area contributed by atoms with E-state index < -0.39 is 124 Å². The lowest BCUT2D eigenvalue weighted by atomic mass is 9.44. The van der Waals surface area contributed by atoms with Crippen LogP contribution in [-0.2, 0) is 47.6 Å². The molecular weight excluding hydrogens is 915 g/mol. The second-order valence-corrected chi connectivity index (χ2v) is 22.1. The first-order valence-corrected chi connectivity index (χ1v) is 24.7. The van der Waals surface area contributed by atoms with Crippen molar-refractivity contribution in [3.63, 3.8) is 0 Å². The van der Waals surface area contributed by atoms with Crippen LogP contribution in [0, 0.1) is 22.7 Å². The summed E-state index contributed by atoms with van der Waals surface area (Å²) in [5.41, 5.74) is -9.20. The van der Waals surface area contributed by atoms with Gasteiger partial charge in [-0.25, -0.2) is 14.4 Å². The van der Waals surface area contributed by atoms with Gasteiger partial charge in [0, 0.05) is 24.5 Å². The number of amides is 1. The standard InChI is InChI=1S/C47H65NO17S2/c1-23(2)18-28(48-42(56)65-43(5,6)7)35(52)41(55)61-32-19-24(3)34-36(62-33(51)16-17-67-66-13)38(53)45(10)30(50)21-31-46(22-60-31,64-25(4)49)37(45)39(47(32,57)44(34,8)9)63-40(54)27-20-26(58-11)14-15-29(27)59-12/h14-15,18,20,24,28,30-32,35,37,39,50,52,57H,16-17,19,21-22H2,1-13H3,(H,48,56)/t24?,28-,30-,31+,32+,35+,37-,39-,45+,46-,47+/m0/s1. The van der Waals surface area contributed by atoms with Crippen molar-refractivity contribution in [3.8, 4) is 11.5 Å². The normalized spacial score (nSPS) is 30.5. The Morgan fingerprint density at radius 3 is 2.25 bits per heavy atom. The van der Waals surface area contributed by atoms with Gasteiger partial charge in [0.25, 0.3) is 0 Å². The van der Waals surface area contributed by atoms with Crippen LogP contribution >= 0.6 is 21.6 Å². The Balaban J connectivity index is 1.83. The number of aliphatic hydroxyl groups is 3. The zero-order valence-electron chi connectivity index (χ0n) is 40.3. The Hall–Kier alpha value is -4.34. The molecule has 18 nitrogen and oxygen atoms in total. The molecule has 3 fully saturated rings. The number of hydrogen-bond donors (Lipinski definition) is 4. The van der Waals surface area contributed by atoms with E-state index in [1.165, 1.54) is 80.9 Å². The number of ether oxygens (including phenoxy) is 8. The number of rotatable bonds is 15. The molecule has 372 valence electrons. The lowest BCUT2D eigenvalue weighted by molar-refractivity contribution is -0.349. The van der Waals surface area contributed by atoms with Crippen molar-refractivity contribution < 1.29 is 82.0 Å². The SMILES string of the molecule is COc1ccc(OC)c(C(=O)O[C@H]2[C@@H]3[C@]4(OC(C)=O)CO[C@@H]4C[C@H](O)[C@@]3(C)C(=O)C(OC(=O)CCSSC)=C3C(C)C[C@@H](OC(=O)[C@H](O)[C@H](C=C(C)C)NC(=O)OC(C)(C)C)[C@]2(O)C3(C)C)c1. The number of fused-ring (bicyclic) bond motifs is 5. The van der Waals surface area contributed by atoms with Crippen LogP contribution in [0.3, 0.4) is 0 Å². The number of carbonyl (C=O) groups is 6. The molecule has 1 aromatic carbocycles. The summed E-state index contributed by atoms with van der Waals surface area (Å²) in [6.07, 6.45) is -7.20. The highest BCUT2D eigenvalue weighted by atomic mass is 33.1. The van der Waals surface area contributed by atoms with Crippen molar-refractivity contribution in [3.05, 3.63) is 46.7 Å². The van der Waals surface area contributed by atoms with E-state index in [2.05, 4.69) is 5.32 Å². The fourth-order valence-electron chi connectivity index (χ4n) is 10.2. The van der Waals surface area contributed by atoms with E-state index in [1.54, 1.807) is 41.5 Å². The Morgan fingerprint density at radius 2 is 1.70 bits per heavy atom. The highest BCUT2D eigenvalue weighted by molar-refractivity contribution is 8.76. The molecular formula is C47H65NO17S2. The summed E-state index contributed by atoms with van der Waals surface area (Å²) >= 11 is 0. The molecule has 1 unspecified atom stereocenters. The number of methoxy groups -OCH3 is 2. The number of hydrogen-bond acceptors (Lipinski definition) is 19. The van der Waals surface area contributed by atoms with Crippen molar-refractivity contribution in [2.24, 2.45) is 22.7 Å². The van der Waals surface area contributed by atoms with E-state index in [0.717, 1.165) is 6.92 Å². The molecule has 20 heteroatoms. The van der Waals surface area contributed by atoms with Crippen LogP contribution in [0.1, 0.15) is 98.9 Å². The van der Waals surface area contributed by atoms with Crippen molar-refractivity contribution >= 4 is 57.3 Å². The minimum Gasteiger partial charge on any atom is -0.497 e. The van der Waals surface area contributed by atoms with Gasteiger partial charge in [-0.1, -0.05) is 54.0 Å². The molecule has 1 amide bonds. The Kier molecular flexibility index (Phi) is 16.3. The molecule has 3 aliphatic carbocycles. The average Bonchev–Trinajstić information content (AvgIpc) is 3.22. The number of ketones is 1. The van der Waals surface area contributed by atoms with Gasteiger partial charge in [-0.05, 0) is 83.9 Å². The summed E-state index contributed by atoms with van der Waals surface area (Å²) in [7, 11) is 5.50. The van der Waals surface area contributed by atoms with E-state index >= 15 is 4.79 Å². The molecule has 4 N–H and O–H groups in total. The third-order valence-electron chi connectivity index (χ3n) is 13.2. The zero-order chi connectivity index (χ0) is 50.2. The van der Waals surface area contributed by atoms with Gasteiger partial charge < -0.3 is 58.5 Å². The monoisotopic (exact) mass is 979 g/mol. The first-order chi connectivity index (χ1) is 31.1. The zero-order valence-corrected chi connectivity index (χ0v) is 42.0. The third-order valence-corrected chi connectivity index (χ3v) is 15.0. The Morgan fingerprint density at radius 1 is 1.03 bits per heavy atom. The predicted octanol–water partition coefficient (Wildman–Crippen LogP) is 5.03. The van der Waals surface area contributed by atoms with Gasteiger partial charge in [0.1, 0.15) is 46.6 Å². The molecule has 5 rings (SSSR count). The van der Waals surface area contributed by atoms with Gasteiger partial charge in [-0.2, -0.15) is 0 Å². The number of aliphatic hydroxyl groups excluding tert-OH is 2. The summed E-state index contributed by atoms with van der Waals surface area (Å²) < 4.78 is 47.3. The van der Waals surface area contributed by atoms with Gasteiger partial charge in [0.05, 0.1) is 50.7 Å². The molecule has 1 heterocycles. The molecule has 11 atom stereocenters. The Bertz CT molecular complexity index is 2160. The molecule has 2 bridgehead atoms. The quantitative estimate of drug-likeness (QED) is 0.0592. The molecule has 0 spiro atoms. The first kappa shape index (κ1) is 53.6. The summed E-state index contributed by atoms with van der Waals surface area (Å²) in [4.78, 5) is 85.1. The average molecular weight is 980 g/mol. The van der Waals surface area contributed by atoms with Crippen molar-refractivity contribution in [1.82, 2.24) is 5.32 Å². The van der Waals surface area contributed by atoms with Gasteiger partial charge in [0.15, 0.2) is 17.5 Å². The molecule has 2 saturated carbocycles. The first-order valence-electron chi connectivity index (χ1n) is 22.0. The second kappa shape index (κ2) is 20.3. The fraction of sp³-hybridized carbons (Fsp3) is 0.660. The van der Waals surface area contributed by atoms with E-state index in [0.29, 0.717) is 11.3 Å². The predicted molar refractivity (Wildman–Crippen MR) is 245 cm³/mol. The molecule has 4 aliphatic rings. The number of nitrogens with one attached hydrogen (secondary N) is 1. The largest absolute Gasteiger partial charge is 0.497 e. The van der Waals surface area contributed by atoms with Gasteiger partial charge >= 0.3 is 30.0 Å². The lowest BCUT2D eigenvalue weighted by Gasteiger charge is -2.67. The van der Waals surface area contributed by atoms with Crippen LogP contribution in [0.4, 0.5) is 4.79 Å². The van der Waals surface area contributed by atoms with Crippen molar-refractivity contribution in [2.45, 2.75) is 142 Å². The molecule has 1 aromatic rings. The molecule has 0 aromatic heterocycles. The molecule has 1 saturated heterocycles. The van der Waals surface area contributed by atoms with Crippen LogP contribution in [0.2, 0.25) is 0 Å². The van der Waals surface area contributed by atoms with Crippen LogP contribution < -0.4 is 14.8 Å². The maximum Gasteiger partial charge on any atom is 0.408 e. The number of carbonyl (C=O) groups excluding carboxylic acids is 6. The van der Waals surface area contributed by atoms with Gasteiger partial charge in [-0.15, -0.1) is 0 Å². The number of alkyl carbamates (subject to hydrolysis) is 1. The van der Waals surface area contributed by atoms with Gasteiger partial charge in [0.2, 0.25) is 5.78 Å². The molecule has 0 radical (unpaired) electrons. The van der Waals surface area contributed by atoms with E-state index in [-0.39, 0.29) is 41.9 Å². The van der Waals surface area contributed by atoms with Crippen LogP contribution in [-0.4, -0.2) is 137 Å². The van der Waals surface area contributed by atoms with E-state index in [4.69, 9.17) is 37.9 Å². The summed E-state index contributed by atoms with van der Waals surface area (Å²) in [6, 6.07) is 2.89. The number of esters is 4. The minimum absolute atomic E-state index is 0.0190. The minimum atomic E-state index is -2.72. The second-order valence-electron chi connectivity index (χ2n) is 19.4. The van der Waals surface area contributed by atoms with Crippen LogP contribution in [0.5, 0.6) is 11.5 Å². The maximum atomic E-state index is 15.7. The summed E-state index contributed by atoms with van der Waals surface area (Å²) in [5.74, 6) is -7.50. The number of allylic oxidation sites excluding steroid dienone is 2. The number of benzene rings is 1. The van der Waals surface area contributed by atoms with E-state index in [1.807, 2.05) is 6.26 Å². The number of Topliss-reactive ketones (excluding diaryl/α,β-unsaturated/α-hetero) is 1. The smallest absolute Gasteiger partial charge is 0.408 e. The Labute approximate surface area is 398 Å². The third kappa shape index (κ3) is 10.2. The lowest BCUT2D eigenvalue weighted by Crippen LogP contribution is -2.82. The molecule has 67 heavy (non-hydrogen) atoms. The van der Waals surface area contributed by atoms with Crippen molar-refractivity contribution in [1.29, 1.82) is 0 Å². The van der Waals surface area contributed by atoms with E-state index in [9.17, 15) is 39.3 Å². The summed E-state index contributed by atoms with van der Waals surface area (Å²) in [6.45, 7) is 15.0.